The van der Waals surface area contributed by atoms with Crippen LogP contribution in [0.2, 0.25) is 0 Å². The maximum Gasteiger partial charge on any atom is 0.387 e. The highest BCUT2D eigenvalue weighted by molar-refractivity contribution is 5.89. The van der Waals surface area contributed by atoms with E-state index >= 15 is 0 Å². The highest BCUT2D eigenvalue weighted by atomic mass is 19.3. The SMILES string of the molecule is COc1ccc(NC(=O)NC2CCN(CCc3ccncc3)CC2)cc1OC(F)F. The number of ether oxygens (including phenoxy) is 2. The van der Waals surface area contributed by atoms with Crippen LogP contribution < -0.4 is 20.1 Å². The van der Waals surface area contributed by atoms with Gasteiger partial charge in [0.05, 0.1) is 7.11 Å². The summed E-state index contributed by atoms with van der Waals surface area (Å²) in [5.74, 6) is 0.0354. The number of amides is 2. The van der Waals surface area contributed by atoms with E-state index < -0.39 is 6.61 Å². The van der Waals surface area contributed by atoms with Crippen molar-refractivity contribution in [2.45, 2.75) is 31.9 Å². The van der Waals surface area contributed by atoms with Crippen LogP contribution in [0.3, 0.4) is 0 Å². The Kier molecular flexibility index (Phi) is 7.78. The Morgan fingerprint density at radius 2 is 1.93 bits per heavy atom. The molecule has 0 saturated carbocycles. The summed E-state index contributed by atoms with van der Waals surface area (Å²) in [4.78, 5) is 18.7. The van der Waals surface area contributed by atoms with Gasteiger partial charge >= 0.3 is 12.6 Å². The first-order valence-corrected chi connectivity index (χ1v) is 9.85. The lowest BCUT2D eigenvalue weighted by molar-refractivity contribution is -0.0511. The minimum atomic E-state index is -2.98. The van der Waals surface area contributed by atoms with Crippen molar-refractivity contribution in [3.63, 3.8) is 0 Å². The minimum Gasteiger partial charge on any atom is -0.493 e. The van der Waals surface area contributed by atoms with Crippen LogP contribution in [0.15, 0.2) is 42.7 Å². The number of nitrogens with one attached hydrogen (secondary N) is 2. The van der Waals surface area contributed by atoms with Crippen LogP contribution in [0, 0.1) is 0 Å². The molecule has 2 heterocycles. The van der Waals surface area contributed by atoms with Gasteiger partial charge in [-0.3, -0.25) is 4.98 Å². The van der Waals surface area contributed by atoms with E-state index in [-0.39, 0.29) is 23.6 Å². The number of halogens is 2. The van der Waals surface area contributed by atoms with Crippen molar-refractivity contribution in [3.05, 3.63) is 48.3 Å². The van der Waals surface area contributed by atoms with E-state index in [1.807, 2.05) is 12.1 Å². The zero-order valence-corrected chi connectivity index (χ0v) is 16.8. The topological polar surface area (TPSA) is 75.7 Å². The molecule has 1 saturated heterocycles. The zero-order valence-electron chi connectivity index (χ0n) is 16.8. The molecule has 7 nitrogen and oxygen atoms in total. The molecule has 2 amide bonds. The van der Waals surface area contributed by atoms with Crippen molar-refractivity contribution in [3.8, 4) is 11.5 Å². The normalized spacial score (nSPS) is 15.1. The summed E-state index contributed by atoms with van der Waals surface area (Å²) >= 11 is 0. The molecule has 1 fully saturated rings. The molecule has 30 heavy (non-hydrogen) atoms. The summed E-state index contributed by atoms with van der Waals surface area (Å²) in [6.07, 6.45) is 6.28. The van der Waals surface area contributed by atoms with Gasteiger partial charge in [-0.1, -0.05) is 0 Å². The number of urea groups is 1. The highest BCUT2D eigenvalue weighted by Gasteiger charge is 2.21. The van der Waals surface area contributed by atoms with Gasteiger partial charge in [0.15, 0.2) is 11.5 Å². The lowest BCUT2D eigenvalue weighted by atomic mass is 10.0. The molecule has 0 bridgehead atoms. The molecule has 2 aromatic rings. The number of hydrogen-bond donors (Lipinski definition) is 2. The van der Waals surface area contributed by atoms with Crippen molar-refractivity contribution in [2.75, 3.05) is 32.1 Å². The van der Waals surface area contributed by atoms with Crippen molar-refractivity contribution in [2.24, 2.45) is 0 Å². The zero-order chi connectivity index (χ0) is 21.3. The van der Waals surface area contributed by atoms with Gasteiger partial charge in [0, 0.05) is 49.8 Å². The Morgan fingerprint density at radius 3 is 2.60 bits per heavy atom. The number of nitrogens with zero attached hydrogens (tertiary/aromatic N) is 2. The summed E-state index contributed by atoms with van der Waals surface area (Å²) < 4.78 is 34.5. The standard InChI is InChI=1S/C21H26F2N4O3/c1-29-18-3-2-17(14-19(18)30-20(22)23)26-21(28)25-16-7-12-27(13-8-16)11-6-15-4-9-24-10-5-15/h2-5,9-10,14,16,20H,6-8,11-13H2,1H3,(H2,25,26,28). The second-order valence-corrected chi connectivity index (χ2v) is 7.06. The van der Waals surface area contributed by atoms with Crippen LogP contribution in [0.5, 0.6) is 11.5 Å². The highest BCUT2D eigenvalue weighted by Crippen LogP contribution is 2.31. The van der Waals surface area contributed by atoms with Crippen molar-refractivity contribution >= 4 is 11.7 Å². The van der Waals surface area contributed by atoms with Crippen LogP contribution in [-0.4, -0.2) is 55.3 Å². The van der Waals surface area contributed by atoms with Crippen molar-refractivity contribution < 1.29 is 23.0 Å². The molecule has 1 aromatic carbocycles. The molecule has 0 aliphatic carbocycles. The fourth-order valence-corrected chi connectivity index (χ4v) is 3.43. The van der Waals surface area contributed by atoms with E-state index in [1.54, 1.807) is 18.5 Å². The summed E-state index contributed by atoms with van der Waals surface area (Å²) in [6.45, 7) is -0.191. The van der Waals surface area contributed by atoms with Crippen LogP contribution in [0.25, 0.3) is 0 Å². The third kappa shape index (κ3) is 6.55. The number of anilines is 1. The number of pyridine rings is 1. The molecule has 1 aliphatic heterocycles. The van der Waals surface area contributed by atoms with Gasteiger partial charge in [-0.15, -0.1) is 0 Å². The van der Waals surface area contributed by atoms with Gasteiger partial charge < -0.3 is 25.0 Å². The molecule has 1 aromatic heterocycles. The molecule has 162 valence electrons. The lowest BCUT2D eigenvalue weighted by Gasteiger charge is -2.32. The smallest absolute Gasteiger partial charge is 0.387 e. The Hall–Kier alpha value is -2.94. The molecule has 0 radical (unpaired) electrons. The molecular formula is C21H26F2N4O3. The van der Waals surface area contributed by atoms with Crippen LogP contribution in [0.1, 0.15) is 18.4 Å². The Morgan fingerprint density at radius 1 is 1.20 bits per heavy atom. The second kappa shape index (κ2) is 10.7. The van der Waals surface area contributed by atoms with E-state index in [2.05, 4.69) is 25.3 Å². The Bertz CT molecular complexity index is 815. The van der Waals surface area contributed by atoms with Gasteiger partial charge in [0.1, 0.15) is 0 Å². The first kappa shape index (κ1) is 21.8. The number of alkyl halides is 2. The van der Waals surface area contributed by atoms with Gasteiger partial charge in [-0.2, -0.15) is 8.78 Å². The number of carbonyl (C=O) groups excluding carboxylic acids is 1. The molecule has 2 N–H and O–H groups in total. The largest absolute Gasteiger partial charge is 0.493 e. The maximum atomic E-state index is 12.5. The maximum absolute atomic E-state index is 12.5. The van der Waals surface area contributed by atoms with Gasteiger partial charge in [-0.25, -0.2) is 4.79 Å². The third-order valence-corrected chi connectivity index (χ3v) is 5.03. The summed E-state index contributed by atoms with van der Waals surface area (Å²) in [5.41, 5.74) is 1.61. The monoisotopic (exact) mass is 420 g/mol. The van der Waals surface area contributed by atoms with E-state index in [4.69, 9.17) is 4.74 Å². The number of likely N-dealkylation sites (tertiary alicyclic amines) is 1. The number of piperidine rings is 1. The van der Waals surface area contributed by atoms with Gasteiger partial charge in [-0.05, 0) is 49.1 Å². The van der Waals surface area contributed by atoms with E-state index in [0.29, 0.717) is 5.69 Å². The Balaban J connectivity index is 1.43. The molecule has 0 spiro atoms. The summed E-state index contributed by atoms with van der Waals surface area (Å²) in [5, 5.41) is 5.61. The van der Waals surface area contributed by atoms with Crippen molar-refractivity contribution in [1.82, 2.24) is 15.2 Å². The fraction of sp³-hybridized carbons (Fsp3) is 0.429. The average Bonchev–Trinajstić information content (AvgIpc) is 2.74. The second-order valence-electron chi connectivity index (χ2n) is 7.06. The number of hydrogen-bond acceptors (Lipinski definition) is 5. The number of carbonyl (C=O) groups is 1. The van der Waals surface area contributed by atoms with Gasteiger partial charge in [0.25, 0.3) is 0 Å². The quantitative estimate of drug-likeness (QED) is 0.684. The molecular weight excluding hydrogens is 394 g/mol. The van der Waals surface area contributed by atoms with Crippen LogP contribution >= 0.6 is 0 Å². The number of aromatic nitrogens is 1. The summed E-state index contributed by atoms with van der Waals surface area (Å²) in [7, 11) is 1.36. The molecule has 1 aliphatic rings. The first-order chi connectivity index (χ1) is 14.5. The van der Waals surface area contributed by atoms with Crippen LogP contribution in [-0.2, 0) is 6.42 Å². The predicted octanol–water partition coefficient (Wildman–Crippen LogP) is 3.52. The first-order valence-electron chi connectivity index (χ1n) is 9.85. The number of rotatable bonds is 8. The summed E-state index contributed by atoms with van der Waals surface area (Å²) in [6, 6.07) is 8.08. The van der Waals surface area contributed by atoms with Gasteiger partial charge in [0.2, 0.25) is 0 Å². The lowest BCUT2D eigenvalue weighted by Crippen LogP contribution is -2.46. The van der Waals surface area contributed by atoms with Crippen molar-refractivity contribution in [1.29, 1.82) is 0 Å². The molecule has 9 heteroatoms. The Labute approximate surface area is 174 Å². The van der Waals surface area contributed by atoms with E-state index in [0.717, 1.165) is 38.9 Å². The molecule has 0 unspecified atom stereocenters. The van der Waals surface area contributed by atoms with E-state index in [1.165, 1.54) is 24.8 Å². The predicted molar refractivity (Wildman–Crippen MR) is 109 cm³/mol. The van der Waals surface area contributed by atoms with E-state index in [9.17, 15) is 13.6 Å². The molecule has 0 atom stereocenters. The van der Waals surface area contributed by atoms with Crippen LogP contribution in [0.4, 0.5) is 19.3 Å². The fourth-order valence-electron chi connectivity index (χ4n) is 3.43. The molecule has 3 rings (SSSR count). The minimum absolute atomic E-state index is 0.0669. The number of methoxy groups -OCH3 is 1. The third-order valence-electron chi connectivity index (χ3n) is 5.03. The average molecular weight is 420 g/mol. The number of benzene rings is 1.